The molecule has 1 rings (SSSR count). The van der Waals surface area contributed by atoms with Crippen LogP contribution in [-0.4, -0.2) is 4.92 Å². The second-order valence-electron chi connectivity index (χ2n) is 1.92. The van der Waals surface area contributed by atoms with Gasteiger partial charge in [-0.1, -0.05) is 17.7 Å². The van der Waals surface area contributed by atoms with Crippen molar-refractivity contribution in [1.82, 2.24) is 0 Å². The summed E-state index contributed by atoms with van der Waals surface area (Å²) in [6.45, 7) is 0.165. The van der Waals surface area contributed by atoms with Gasteiger partial charge in [-0.3, -0.25) is 10.1 Å². The number of non-ortho nitro benzene ring substituents is 1. The van der Waals surface area contributed by atoms with E-state index >= 15 is 0 Å². The second-order valence-corrected chi connectivity index (χ2v) is 1.92. The molecule has 0 amide bonds. The minimum Gasteiger partial charge on any atom is -0.258 e. The van der Waals surface area contributed by atoms with Crippen LogP contribution >= 0.6 is 0 Å². The number of rotatable bonds is 1. The number of nitrogens with zero attached hydrogens (tertiary/aromatic N) is 1. The highest BCUT2D eigenvalue weighted by Gasteiger charge is 2.00. The zero-order chi connectivity index (χ0) is 8.27. The van der Waals surface area contributed by atoms with Crippen LogP contribution in [0.1, 0.15) is 6.93 Å². The molecule has 0 atom stereocenters. The summed E-state index contributed by atoms with van der Waals surface area (Å²) >= 11 is 0. The van der Waals surface area contributed by atoms with Gasteiger partial charge in [0.2, 0.25) is 0 Å². The van der Waals surface area contributed by atoms with Gasteiger partial charge >= 0.3 is 0 Å². The monoisotopic (exact) mass is 138 g/mol. The van der Waals surface area contributed by atoms with Crippen LogP contribution in [0, 0.1) is 17.0 Å². The molecule has 0 fully saturated rings. The summed E-state index contributed by atoms with van der Waals surface area (Å²) in [6.07, 6.45) is 0. The van der Waals surface area contributed by atoms with E-state index in [0.717, 1.165) is 5.56 Å². The molecule has 0 heterocycles. The Morgan fingerprint density at radius 2 is 2.10 bits per heavy atom. The van der Waals surface area contributed by atoms with E-state index in [-0.39, 0.29) is 12.6 Å². The van der Waals surface area contributed by atoms with E-state index < -0.39 is 4.92 Å². The summed E-state index contributed by atoms with van der Waals surface area (Å²) in [4.78, 5) is 9.71. The Morgan fingerprint density at radius 1 is 1.50 bits per heavy atom. The minimum absolute atomic E-state index is 0.0715. The second kappa shape index (κ2) is 2.47. The van der Waals surface area contributed by atoms with Gasteiger partial charge in [-0.25, -0.2) is 0 Å². The third-order valence-electron chi connectivity index (χ3n) is 1.15. The van der Waals surface area contributed by atoms with Gasteiger partial charge in [0.25, 0.3) is 5.69 Å². The average Bonchev–Trinajstić information content (AvgIpc) is 2.05. The fourth-order valence-corrected chi connectivity index (χ4v) is 0.618. The van der Waals surface area contributed by atoms with Crippen molar-refractivity contribution in [1.29, 1.82) is 0 Å². The normalized spacial score (nSPS) is 10.6. The zero-order valence-corrected chi connectivity index (χ0v) is 5.28. The number of hydrogen-bond donors (Lipinski definition) is 0. The first-order chi connectivity index (χ1) is 5.24. The molecule has 0 saturated carbocycles. The van der Waals surface area contributed by atoms with E-state index in [4.69, 9.17) is 1.37 Å². The lowest BCUT2D eigenvalue weighted by atomic mass is 10.2. The molecule has 0 radical (unpaired) electrons. The zero-order valence-electron chi connectivity index (χ0n) is 6.28. The summed E-state index contributed by atoms with van der Waals surface area (Å²) in [6, 6.07) is 5.99. The molecule has 0 aliphatic heterocycles. The number of nitro groups is 1. The van der Waals surface area contributed by atoms with Crippen molar-refractivity contribution in [2.45, 2.75) is 6.90 Å². The van der Waals surface area contributed by atoms with Crippen LogP contribution in [-0.2, 0) is 0 Å². The lowest BCUT2D eigenvalue weighted by molar-refractivity contribution is -0.384. The predicted octanol–water partition coefficient (Wildman–Crippen LogP) is 1.90. The van der Waals surface area contributed by atoms with Crippen molar-refractivity contribution < 1.29 is 6.29 Å². The summed E-state index contributed by atoms with van der Waals surface area (Å²) < 4.78 is 6.95. The van der Waals surface area contributed by atoms with E-state index in [9.17, 15) is 10.1 Å². The Hall–Kier alpha value is -1.38. The van der Waals surface area contributed by atoms with Crippen LogP contribution in [0.2, 0.25) is 0 Å². The van der Waals surface area contributed by atoms with Gasteiger partial charge in [0.15, 0.2) is 0 Å². The lowest BCUT2D eigenvalue weighted by Gasteiger charge is -1.90. The molecule has 0 aliphatic rings. The molecule has 0 aliphatic carbocycles. The SMILES string of the molecule is [2H]Cc1ccc([N+](=O)[O-])cc1. The van der Waals surface area contributed by atoms with Crippen LogP contribution in [0.25, 0.3) is 0 Å². The number of benzene rings is 1. The number of nitro benzene ring substituents is 1. The molecule has 1 aromatic rings. The summed E-state index contributed by atoms with van der Waals surface area (Å²) in [5, 5.41) is 10.2. The first-order valence-corrected chi connectivity index (χ1v) is 2.76. The fraction of sp³-hybridized carbons (Fsp3) is 0.143. The lowest BCUT2D eigenvalue weighted by Crippen LogP contribution is -1.86. The maximum absolute atomic E-state index is 10.2. The molecule has 0 spiro atoms. The molecule has 0 bridgehead atoms. The van der Waals surface area contributed by atoms with E-state index in [1.165, 1.54) is 12.1 Å². The Bertz CT molecular complexity index is 258. The first kappa shape index (κ1) is 5.41. The summed E-state index contributed by atoms with van der Waals surface area (Å²) in [5.41, 5.74) is 0.859. The van der Waals surface area contributed by atoms with E-state index in [2.05, 4.69) is 0 Å². The standard InChI is InChI=1S/C7H7NO2/c1-6-2-4-7(5-3-6)8(9)10/h2-5H,1H3/i1D. The summed E-state index contributed by atoms with van der Waals surface area (Å²) in [5.74, 6) is 0. The molecule has 0 N–H and O–H groups in total. The van der Waals surface area contributed by atoms with Crippen molar-refractivity contribution >= 4 is 5.69 Å². The molecule has 0 saturated heterocycles. The smallest absolute Gasteiger partial charge is 0.258 e. The van der Waals surface area contributed by atoms with E-state index in [1.54, 1.807) is 12.1 Å². The van der Waals surface area contributed by atoms with Crippen LogP contribution in [0.3, 0.4) is 0 Å². The van der Waals surface area contributed by atoms with Gasteiger partial charge in [0.05, 0.1) is 4.92 Å². The van der Waals surface area contributed by atoms with Crippen molar-refractivity contribution in [3.8, 4) is 0 Å². The van der Waals surface area contributed by atoms with Gasteiger partial charge in [0.1, 0.15) is 0 Å². The highest BCUT2D eigenvalue weighted by atomic mass is 16.6. The maximum Gasteiger partial charge on any atom is 0.269 e. The number of aryl methyl sites for hydroxylation is 1. The van der Waals surface area contributed by atoms with E-state index in [1.807, 2.05) is 0 Å². The van der Waals surface area contributed by atoms with Gasteiger partial charge in [-0.05, 0) is 6.90 Å². The van der Waals surface area contributed by atoms with Gasteiger partial charge in [-0.2, -0.15) is 0 Å². The van der Waals surface area contributed by atoms with Crippen LogP contribution < -0.4 is 0 Å². The molecule has 0 unspecified atom stereocenters. The van der Waals surface area contributed by atoms with Gasteiger partial charge in [-0.15, -0.1) is 0 Å². The molecular weight excluding hydrogens is 130 g/mol. The highest BCUT2D eigenvalue weighted by molar-refractivity contribution is 5.31. The van der Waals surface area contributed by atoms with E-state index in [0.29, 0.717) is 0 Å². The molecule has 0 aromatic heterocycles. The van der Waals surface area contributed by atoms with Crippen LogP contribution in [0.4, 0.5) is 5.69 Å². The Labute approximate surface area is 59.9 Å². The predicted molar refractivity (Wildman–Crippen MR) is 37.8 cm³/mol. The highest BCUT2D eigenvalue weighted by Crippen LogP contribution is 2.10. The first-order valence-electron chi connectivity index (χ1n) is 3.47. The molecule has 3 nitrogen and oxygen atoms in total. The van der Waals surface area contributed by atoms with Crippen LogP contribution in [0.15, 0.2) is 24.3 Å². The van der Waals surface area contributed by atoms with Crippen molar-refractivity contribution in [2.75, 3.05) is 0 Å². The molecule has 52 valence electrons. The third-order valence-corrected chi connectivity index (χ3v) is 1.15. The van der Waals surface area contributed by atoms with Crippen molar-refractivity contribution in [3.63, 3.8) is 0 Å². The van der Waals surface area contributed by atoms with Gasteiger partial charge in [0, 0.05) is 13.5 Å². The van der Waals surface area contributed by atoms with Crippen molar-refractivity contribution in [3.05, 3.63) is 39.9 Å². The molecular formula is C7H7NO2. The quantitative estimate of drug-likeness (QED) is 0.439. The largest absolute Gasteiger partial charge is 0.269 e. The molecule has 3 heteroatoms. The topological polar surface area (TPSA) is 43.1 Å². The third kappa shape index (κ3) is 1.31. The molecule has 10 heavy (non-hydrogen) atoms. The van der Waals surface area contributed by atoms with Crippen LogP contribution in [0.5, 0.6) is 0 Å². The fourth-order valence-electron chi connectivity index (χ4n) is 0.618. The Balaban J connectivity index is 2.91. The average molecular weight is 138 g/mol. The maximum atomic E-state index is 10.2. The Morgan fingerprint density at radius 3 is 2.50 bits per heavy atom. The molecule has 1 aromatic carbocycles. The van der Waals surface area contributed by atoms with Gasteiger partial charge < -0.3 is 0 Å². The summed E-state index contributed by atoms with van der Waals surface area (Å²) in [7, 11) is 0. The minimum atomic E-state index is -0.451. The van der Waals surface area contributed by atoms with Crippen molar-refractivity contribution in [2.24, 2.45) is 0 Å². The Kier molecular flexibility index (Phi) is 1.34. The number of hydrogen-bond acceptors (Lipinski definition) is 2.